The maximum atomic E-state index is 14.1. The molecule has 2 heterocycles. The Labute approximate surface area is 163 Å². The van der Waals surface area contributed by atoms with Crippen molar-refractivity contribution in [3.05, 3.63) is 65.2 Å². The lowest BCUT2D eigenvalue weighted by atomic mass is 9.95. The molecule has 1 aromatic heterocycles. The van der Waals surface area contributed by atoms with E-state index in [1.165, 1.54) is 6.07 Å². The second-order valence-corrected chi connectivity index (χ2v) is 7.53. The fourth-order valence-electron chi connectivity index (χ4n) is 4.11. The van der Waals surface area contributed by atoms with Crippen LogP contribution in [0.1, 0.15) is 47.4 Å². The minimum absolute atomic E-state index is 0.132. The first-order valence-corrected chi connectivity index (χ1v) is 9.81. The first-order valence-electron chi connectivity index (χ1n) is 9.81. The van der Waals surface area contributed by atoms with Crippen LogP contribution in [0.25, 0.3) is 11.0 Å². The van der Waals surface area contributed by atoms with Gasteiger partial charge >= 0.3 is 0 Å². The van der Waals surface area contributed by atoms with E-state index in [9.17, 15) is 14.3 Å². The number of halogens is 1. The number of nitrogens with zero attached hydrogens (tertiary/aromatic N) is 1. The van der Waals surface area contributed by atoms with Crippen LogP contribution in [0.2, 0.25) is 0 Å². The number of hydrogen-bond acceptors (Lipinski definition) is 3. The van der Waals surface area contributed by atoms with Crippen LogP contribution in [0.5, 0.6) is 5.75 Å². The van der Waals surface area contributed by atoms with Crippen molar-refractivity contribution in [3.63, 3.8) is 0 Å². The number of amides is 1. The maximum Gasteiger partial charge on any atom is 0.290 e. The maximum absolute atomic E-state index is 14.1. The van der Waals surface area contributed by atoms with Crippen LogP contribution >= 0.6 is 0 Å². The Kier molecular flexibility index (Phi) is 5.07. The highest BCUT2D eigenvalue weighted by atomic mass is 19.1. The van der Waals surface area contributed by atoms with Gasteiger partial charge in [-0.1, -0.05) is 24.3 Å². The molecule has 146 valence electrons. The van der Waals surface area contributed by atoms with Crippen LogP contribution in [0.15, 0.2) is 46.9 Å². The second kappa shape index (κ2) is 7.66. The predicted molar refractivity (Wildman–Crippen MR) is 106 cm³/mol. The topological polar surface area (TPSA) is 53.7 Å². The first-order chi connectivity index (χ1) is 13.5. The highest BCUT2D eigenvalue weighted by molar-refractivity contribution is 5.99. The van der Waals surface area contributed by atoms with Crippen LogP contribution in [-0.4, -0.2) is 28.5 Å². The Bertz CT molecular complexity index is 993. The summed E-state index contributed by atoms with van der Waals surface area (Å²) >= 11 is 0. The fraction of sp³-hybridized carbons (Fsp3) is 0.348. The standard InChI is InChI=1S/C23H24FNO3/c1-15-19-6-4-7-20(24)22(19)28-21(15)23(27)25-14-3-2-5-17(25)11-8-16-9-12-18(26)13-10-16/h4,6-7,9-10,12-13,17,26H,2-3,5,8,11,14H2,1H3/t17-/m0/s1. The molecular weight excluding hydrogens is 357 g/mol. The van der Waals surface area contributed by atoms with E-state index in [0.717, 1.165) is 37.7 Å². The molecule has 3 aromatic rings. The summed E-state index contributed by atoms with van der Waals surface area (Å²) in [5.41, 5.74) is 1.99. The monoisotopic (exact) mass is 381 g/mol. The predicted octanol–water partition coefficient (Wildman–Crippen LogP) is 5.21. The van der Waals surface area contributed by atoms with E-state index >= 15 is 0 Å². The smallest absolute Gasteiger partial charge is 0.290 e. The molecule has 4 rings (SSSR count). The summed E-state index contributed by atoms with van der Waals surface area (Å²) in [5.74, 6) is -0.0897. The van der Waals surface area contributed by atoms with E-state index in [1.807, 2.05) is 24.0 Å². The summed E-state index contributed by atoms with van der Waals surface area (Å²) in [4.78, 5) is 15.1. The Morgan fingerprint density at radius 1 is 1.21 bits per heavy atom. The molecule has 5 heteroatoms. The number of fused-ring (bicyclic) bond motifs is 1. The van der Waals surface area contributed by atoms with Crippen LogP contribution in [0, 0.1) is 12.7 Å². The summed E-state index contributed by atoms with van der Waals surface area (Å²) in [5, 5.41) is 10.1. The van der Waals surface area contributed by atoms with Crippen molar-refractivity contribution < 1.29 is 18.7 Å². The number of piperidine rings is 1. The molecule has 1 amide bonds. The highest BCUT2D eigenvalue weighted by Gasteiger charge is 2.31. The zero-order valence-corrected chi connectivity index (χ0v) is 16.0. The third-order valence-electron chi connectivity index (χ3n) is 5.70. The molecule has 28 heavy (non-hydrogen) atoms. The number of hydrogen-bond donors (Lipinski definition) is 1. The van der Waals surface area contributed by atoms with Crippen LogP contribution in [-0.2, 0) is 6.42 Å². The number of likely N-dealkylation sites (tertiary alicyclic amines) is 1. The summed E-state index contributed by atoms with van der Waals surface area (Å²) < 4.78 is 19.7. The molecular formula is C23H24FNO3. The first kappa shape index (κ1) is 18.5. The van der Waals surface area contributed by atoms with Crippen molar-refractivity contribution in [3.8, 4) is 5.75 Å². The quantitative estimate of drug-likeness (QED) is 0.675. The molecule has 0 radical (unpaired) electrons. The molecule has 1 aliphatic heterocycles. The number of carbonyl (C=O) groups is 1. The summed E-state index contributed by atoms with van der Waals surface area (Å²) in [7, 11) is 0. The van der Waals surface area contributed by atoms with E-state index in [-0.39, 0.29) is 29.0 Å². The Morgan fingerprint density at radius 3 is 2.75 bits per heavy atom. The van der Waals surface area contributed by atoms with Gasteiger partial charge in [0.2, 0.25) is 0 Å². The van der Waals surface area contributed by atoms with Crippen LogP contribution in [0.4, 0.5) is 4.39 Å². The highest BCUT2D eigenvalue weighted by Crippen LogP contribution is 2.30. The minimum atomic E-state index is -0.442. The molecule has 1 saturated heterocycles. The zero-order valence-electron chi connectivity index (χ0n) is 16.0. The number of phenolic OH excluding ortho intramolecular Hbond substituents is 1. The van der Waals surface area contributed by atoms with E-state index in [2.05, 4.69) is 0 Å². The van der Waals surface area contributed by atoms with Gasteiger partial charge in [0, 0.05) is 23.5 Å². The number of phenols is 1. The zero-order chi connectivity index (χ0) is 19.7. The van der Waals surface area contributed by atoms with Gasteiger partial charge in [-0.05, 0) is 62.8 Å². The van der Waals surface area contributed by atoms with Crippen LogP contribution < -0.4 is 0 Å². The van der Waals surface area contributed by atoms with Gasteiger partial charge in [-0.3, -0.25) is 4.79 Å². The van der Waals surface area contributed by atoms with Crippen LogP contribution in [0.3, 0.4) is 0 Å². The Morgan fingerprint density at radius 2 is 2.00 bits per heavy atom. The summed E-state index contributed by atoms with van der Waals surface area (Å²) in [6, 6.07) is 12.1. The molecule has 1 N–H and O–H groups in total. The van der Waals surface area contributed by atoms with Gasteiger partial charge in [0.05, 0.1) is 0 Å². The van der Waals surface area contributed by atoms with Crippen molar-refractivity contribution in [2.75, 3.05) is 6.54 Å². The number of carbonyl (C=O) groups excluding carboxylic acids is 1. The second-order valence-electron chi connectivity index (χ2n) is 7.53. The Hall–Kier alpha value is -2.82. The lowest BCUT2D eigenvalue weighted by Gasteiger charge is -2.35. The van der Waals surface area contributed by atoms with Gasteiger partial charge < -0.3 is 14.4 Å². The van der Waals surface area contributed by atoms with Crippen molar-refractivity contribution in [2.45, 2.75) is 45.1 Å². The average Bonchev–Trinajstić information content (AvgIpc) is 3.05. The largest absolute Gasteiger partial charge is 0.508 e. The molecule has 0 unspecified atom stereocenters. The molecule has 1 aliphatic rings. The summed E-state index contributed by atoms with van der Waals surface area (Å²) in [6.07, 6.45) is 4.71. The van der Waals surface area contributed by atoms with Gasteiger partial charge in [0.15, 0.2) is 17.2 Å². The number of para-hydroxylation sites is 1. The minimum Gasteiger partial charge on any atom is -0.508 e. The van der Waals surface area contributed by atoms with E-state index in [1.54, 1.807) is 24.3 Å². The van der Waals surface area contributed by atoms with Crippen molar-refractivity contribution >= 4 is 16.9 Å². The molecule has 1 fully saturated rings. The van der Waals surface area contributed by atoms with Gasteiger partial charge in [0.25, 0.3) is 5.91 Å². The molecule has 1 atom stereocenters. The van der Waals surface area contributed by atoms with E-state index < -0.39 is 5.82 Å². The van der Waals surface area contributed by atoms with Crippen molar-refractivity contribution in [2.24, 2.45) is 0 Å². The van der Waals surface area contributed by atoms with E-state index in [4.69, 9.17) is 4.42 Å². The lowest BCUT2D eigenvalue weighted by molar-refractivity contribution is 0.0570. The van der Waals surface area contributed by atoms with Gasteiger partial charge in [-0.25, -0.2) is 4.39 Å². The number of benzene rings is 2. The number of aromatic hydroxyl groups is 1. The number of furan rings is 1. The number of rotatable bonds is 4. The molecule has 0 spiro atoms. The third-order valence-corrected chi connectivity index (χ3v) is 5.70. The number of aryl methyl sites for hydroxylation is 2. The SMILES string of the molecule is Cc1c(C(=O)N2CCCC[C@H]2CCc2ccc(O)cc2)oc2c(F)cccc12. The van der Waals surface area contributed by atoms with Gasteiger partial charge in [-0.15, -0.1) is 0 Å². The third kappa shape index (κ3) is 3.49. The molecule has 0 saturated carbocycles. The normalized spacial score (nSPS) is 17.2. The molecule has 0 aliphatic carbocycles. The fourth-order valence-corrected chi connectivity index (χ4v) is 4.11. The molecule has 0 bridgehead atoms. The van der Waals surface area contributed by atoms with E-state index in [0.29, 0.717) is 17.5 Å². The van der Waals surface area contributed by atoms with Gasteiger partial charge in [0.1, 0.15) is 5.75 Å². The molecule has 4 nitrogen and oxygen atoms in total. The summed E-state index contributed by atoms with van der Waals surface area (Å²) in [6.45, 7) is 2.51. The van der Waals surface area contributed by atoms with Gasteiger partial charge in [-0.2, -0.15) is 0 Å². The average molecular weight is 381 g/mol. The Balaban J connectivity index is 1.55. The molecule has 2 aromatic carbocycles. The van der Waals surface area contributed by atoms with Crippen molar-refractivity contribution in [1.29, 1.82) is 0 Å². The lowest BCUT2D eigenvalue weighted by Crippen LogP contribution is -2.44. The van der Waals surface area contributed by atoms with Crippen molar-refractivity contribution in [1.82, 2.24) is 4.90 Å².